The molecule has 1 aromatic heterocycles. The van der Waals surface area contributed by atoms with Crippen molar-refractivity contribution in [2.45, 2.75) is 26.7 Å². The number of rotatable bonds is 9. The molecule has 0 amide bonds. The molecule has 33 heavy (non-hydrogen) atoms. The molecule has 4 nitrogen and oxygen atoms in total. The van der Waals surface area contributed by atoms with Crippen LogP contribution in [0.3, 0.4) is 0 Å². The highest BCUT2D eigenvalue weighted by atomic mass is 19.1. The number of allylic oxidation sites excluding steroid dienone is 8. The van der Waals surface area contributed by atoms with Crippen molar-refractivity contribution >= 4 is 22.5 Å². The molecule has 1 fully saturated rings. The van der Waals surface area contributed by atoms with E-state index in [4.69, 9.17) is 14.3 Å². The third kappa shape index (κ3) is 8.54. The molecule has 1 N–H and O–H groups in total. The minimum atomic E-state index is -0.833. The van der Waals surface area contributed by atoms with Gasteiger partial charge >= 0.3 is 0 Å². The molecular formula is C28H32FNO3. The van der Waals surface area contributed by atoms with Crippen molar-refractivity contribution in [1.29, 1.82) is 0 Å². The first-order valence-electron chi connectivity index (χ1n) is 10.9. The van der Waals surface area contributed by atoms with Gasteiger partial charge in [0.05, 0.1) is 0 Å². The zero-order chi connectivity index (χ0) is 24.2. The van der Waals surface area contributed by atoms with E-state index in [-0.39, 0.29) is 5.83 Å². The molecule has 3 rings (SSSR count). The van der Waals surface area contributed by atoms with Crippen LogP contribution < -0.4 is 0 Å². The van der Waals surface area contributed by atoms with E-state index >= 15 is 0 Å². The van der Waals surface area contributed by atoms with Crippen molar-refractivity contribution in [3.8, 4) is 0 Å². The van der Waals surface area contributed by atoms with Crippen LogP contribution in [0.4, 0.5) is 4.39 Å². The maximum absolute atomic E-state index is 14.9. The van der Waals surface area contributed by atoms with E-state index in [1.165, 1.54) is 6.42 Å². The number of carboxylic acid groups (broad SMARTS) is 1. The second-order valence-electron chi connectivity index (χ2n) is 7.72. The van der Waals surface area contributed by atoms with Crippen molar-refractivity contribution in [1.82, 2.24) is 4.90 Å². The van der Waals surface area contributed by atoms with Gasteiger partial charge in [-0.1, -0.05) is 55.7 Å². The standard InChI is InChI=1S/C26H28FNO.C2H4O2/c1-4-6-7-8-9-11-23-18-22-17-21(12-13-26(22)29-23)24(5-2)25(27)16-20(3)19-28-14-10-15-28;1-2(3)4/h4-9,12-13,16-18H,1,3,10-11,14-15,19H2,2H3;1H3,(H,3,4)/b7-6-,9-8+,24-5-,25-16+;. The number of benzene rings is 1. The summed E-state index contributed by atoms with van der Waals surface area (Å²) in [6.07, 6.45) is 14.8. The molecule has 1 aliphatic rings. The van der Waals surface area contributed by atoms with Crippen molar-refractivity contribution < 1.29 is 18.7 Å². The number of carboxylic acids is 1. The number of fused-ring (bicyclic) bond motifs is 1. The van der Waals surface area contributed by atoms with Crippen LogP contribution in [-0.4, -0.2) is 35.6 Å². The van der Waals surface area contributed by atoms with Gasteiger partial charge in [0, 0.05) is 30.8 Å². The van der Waals surface area contributed by atoms with E-state index in [1.54, 1.807) is 18.2 Å². The minimum absolute atomic E-state index is 0.252. The van der Waals surface area contributed by atoms with Gasteiger partial charge in [-0.3, -0.25) is 9.69 Å². The number of aliphatic carboxylic acids is 1. The lowest BCUT2D eigenvalue weighted by Gasteiger charge is -2.30. The fraction of sp³-hybridized carbons (Fsp3) is 0.250. The molecular weight excluding hydrogens is 417 g/mol. The van der Waals surface area contributed by atoms with Crippen LogP contribution in [0.5, 0.6) is 0 Å². The van der Waals surface area contributed by atoms with Crippen LogP contribution in [0.2, 0.25) is 0 Å². The second-order valence-corrected chi connectivity index (χ2v) is 7.72. The predicted octanol–water partition coefficient (Wildman–Crippen LogP) is 6.88. The Bertz CT molecular complexity index is 1090. The highest BCUT2D eigenvalue weighted by Gasteiger charge is 2.15. The SMILES string of the molecule is C=C/C=C\C=C\Cc1cc2cc(C(=C/C)/C(F)=C\C(=C)CN3CCC3)ccc2o1.CC(=O)O. The first-order chi connectivity index (χ1) is 15.8. The number of hydrogen-bond donors (Lipinski definition) is 1. The Morgan fingerprint density at radius 3 is 2.58 bits per heavy atom. The van der Waals surface area contributed by atoms with Crippen molar-refractivity contribution in [3.05, 3.63) is 103 Å². The van der Waals surface area contributed by atoms with Gasteiger partial charge in [0.2, 0.25) is 0 Å². The Morgan fingerprint density at radius 2 is 1.97 bits per heavy atom. The normalized spacial score (nSPS) is 14.9. The van der Waals surface area contributed by atoms with Gasteiger partial charge in [0.1, 0.15) is 17.2 Å². The highest BCUT2D eigenvalue weighted by Crippen LogP contribution is 2.29. The lowest BCUT2D eigenvalue weighted by atomic mass is 10.0. The summed E-state index contributed by atoms with van der Waals surface area (Å²) in [5.74, 6) is -0.209. The van der Waals surface area contributed by atoms with Crippen LogP contribution in [0.15, 0.2) is 95.8 Å². The predicted molar refractivity (Wildman–Crippen MR) is 135 cm³/mol. The molecule has 174 valence electrons. The van der Waals surface area contributed by atoms with E-state index < -0.39 is 5.97 Å². The zero-order valence-corrected chi connectivity index (χ0v) is 19.4. The van der Waals surface area contributed by atoms with E-state index in [1.807, 2.05) is 55.5 Å². The molecule has 2 heterocycles. The summed E-state index contributed by atoms with van der Waals surface area (Å²) in [7, 11) is 0. The lowest BCUT2D eigenvalue weighted by Crippen LogP contribution is -2.38. The Hall–Kier alpha value is -3.44. The van der Waals surface area contributed by atoms with Gasteiger partial charge in [-0.05, 0) is 61.8 Å². The molecule has 0 atom stereocenters. The van der Waals surface area contributed by atoms with Crippen LogP contribution >= 0.6 is 0 Å². The average molecular weight is 450 g/mol. The Kier molecular flexibility index (Phi) is 10.3. The quantitative estimate of drug-likeness (QED) is 0.424. The Labute approximate surface area is 195 Å². The molecule has 0 bridgehead atoms. The highest BCUT2D eigenvalue weighted by molar-refractivity contribution is 5.86. The third-order valence-electron chi connectivity index (χ3n) is 4.94. The average Bonchev–Trinajstić information content (AvgIpc) is 3.13. The van der Waals surface area contributed by atoms with Gasteiger partial charge in [0.25, 0.3) is 5.97 Å². The maximum atomic E-state index is 14.9. The summed E-state index contributed by atoms with van der Waals surface area (Å²) in [5.41, 5.74) is 3.02. The van der Waals surface area contributed by atoms with Gasteiger partial charge in [-0.2, -0.15) is 0 Å². The van der Waals surface area contributed by atoms with Crippen molar-refractivity contribution in [3.63, 3.8) is 0 Å². The van der Waals surface area contributed by atoms with E-state index in [9.17, 15) is 4.39 Å². The van der Waals surface area contributed by atoms with Crippen LogP contribution in [0.25, 0.3) is 16.5 Å². The van der Waals surface area contributed by atoms with Gasteiger partial charge < -0.3 is 9.52 Å². The Balaban J connectivity index is 0.000000890. The molecule has 0 aliphatic carbocycles. The summed E-state index contributed by atoms with van der Waals surface area (Å²) in [6, 6.07) is 7.79. The van der Waals surface area contributed by atoms with Gasteiger partial charge in [0.15, 0.2) is 0 Å². The number of nitrogens with zero attached hydrogens (tertiary/aromatic N) is 1. The fourth-order valence-electron chi connectivity index (χ4n) is 3.34. The molecule has 0 radical (unpaired) electrons. The largest absolute Gasteiger partial charge is 0.481 e. The third-order valence-corrected chi connectivity index (χ3v) is 4.94. The summed E-state index contributed by atoms with van der Waals surface area (Å²) in [6.45, 7) is 13.5. The van der Waals surface area contributed by atoms with Crippen LogP contribution in [0.1, 0.15) is 31.6 Å². The molecule has 2 aromatic rings. The number of halogens is 1. The molecule has 1 saturated heterocycles. The number of hydrogen-bond acceptors (Lipinski definition) is 3. The summed E-state index contributed by atoms with van der Waals surface area (Å²) in [5, 5.41) is 8.39. The minimum Gasteiger partial charge on any atom is -0.481 e. The van der Waals surface area contributed by atoms with Crippen molar-refractivity contribution in [2.75, 3.05) is 19.6 Å². The topological polar surface area (TPSA) is 53.7 Å². The van der Waals surface area contributed by atoms with E-state index in [0.29, 0.717) is 12.0 Å². The monoisotopic (exact) mass is 449 g/mol. The van der Waals surface area contributed by atoms with Crippen LogP contribution in [-0.2, 0) is 11.2 Å². The lowest BCUT2D eigenvalue weighted by molar-refractivity contribution is -0.134. The van der Waals surface area contributed by atoms with Crippen molar-refractivity contribution in [2.24, 2.45) is 0 Å². The molecule has 0 unspecified atom stereocenters. The molecule has 1 aromatic carbocycles. The summed E-state index contributed by atoms with van der Waals surface area (Å²) >= 11 is 0. The first-order valence-corrected chi connectivity index (χ1v) is 10.9. The second kappa shape index (κ2) is 13.2. The summed E-state index contributed by atoms with van der Waals surface area (Å²) in [4.78, 5) is 11.3. The molecule has 1 aliphatic heterocycles. The first kappa shape index (κ1) is 25.8. The molecule has 5 heteroatoms. The summed E-state index contributed by atoms with van der Waals surface area (Å²) < 4.78 is 20.8. The van der Waals surface area contributed by atoms with Gasteiger partial charge in [-0.25, -0.2) is 4.39 Å². The molecule has 0 spiro atoms. The number of carbonyl (C=O) groups is 1. The van der Waals surface area contributed by atoms with E-state index in [0.717, 1.165) is 54.4 Å². The van der Waals surface area contributed by atoms with E-state index in [2.05, 4.69) is 18.1 Å². The Morgan fingerprint density at radius 1 is 1.24 bits per heavy atom. The zero-order valence-electron chi connectivity index (χ0n) is 19.4. The maximum Gasteiger partial charge on any atom is 0.300 e. The molecule has 0 saturated carbocycles. The number of likely N-dealkylation sites (tertiary alicyclic amines) is 1. The fourth-order valence-corrected chi connectivity index (χ4v) is 3.34. The number of furan rings is 1. The van der Waals surface area contributed by atoms with Gasteiger partial charge in [-0.15, -0.1) is 0 Å². The smallest absolute Gasteiger partial charge is 0.300 e. The van der Waals surface area contributed by atoms with Crippen LogP contribution in [0, 0.1) is 0 Å².